The Balaban J connectivity index is 1.44. The molecule has 29 heavy (non-hydrogen) atoms. The zero-order chi connectivity index (χ0) is 20.8. The molecule has 0 unspecified atom stereocenters. The van der Waals surface area contributed by atoms with E-state index in [1.54, 1.807) is 12.1 Å². The van der Waals surface area contributed by atoms with Crippen LogP contribution in [-0.2, 0) is 11.2 Å². The highest BCUT2D eigenvalue weighted by molar-refractivity contribution is 6.48. The molecule has 154 valence electrons. The molecule has 2 aromatic carbocycles. The second-order valence-electron chi connectivity index (χ2n) is 7.58. The minimum Gasteiger partial charge on any atom is -0.493 e. The van der Waals surface area contributed by atoms with Crippen LogP contribution in [0.3, 0.4) is 0 Å². The van der Waals surface area contributed by atoms with E-state index in [1.807, 2.05) is 35.2 Å². The number of halogens is 2. The number of carbonyl (C=O) groups is 1. The van der Waals surface area contributed by atoms with Gasteiger partial charge in [0.1, 0.15) is 11.6 Å². The van der Waals surface area contributed by atoms with Crippen LogP contribution in [0, 0.1) is 17.7 Å². The van der Waals surface area contributed by atoms with Crippen molar-refractivity contribution in [1.82, 2.24) is 4.90 Å². The van der Waals surface area contributed by atoms with Gasteiger partial charge in [0, 0.05) is 24.7 Å². The van der Waals surface area contributed by atoms with E-state index >= 15 is 0 Å². The monoisotopic (exact) mass is 417 g/mol. The zero-order valence-electron chi connectivity index (χ0n) is 16.4. The van der Waals surface area contributed by atoms with Crippen LogP contribution in [-0.4, -0.2) is 42.2 Å². The second kappa shape index (κ2) is 9.90. The van der Waals surface area contributed by atoms with E-state index in [2.05, 4.69) is 6.92 Å². The Kier molecular flexibility index (Phi) is 7.29. The molecular weight excluding hydrogens is 393 g/mol. The molecule has 1 saturated heterocycles. The third-order valence-corrected chi connectivity index (χ3v) is 5.37. The van der Waals surface area contributed by atoms with Gasteiger partial charge in [0.15, 0.2) is 0 Å². The molecule has 0 amide bonds. The quantitative estimate of drug-likeness (QED) is 0.643. The summed E-state index contributed by atoms with van der Waals surface area (Å²) in [6, 6.07) is 14.2. The van der Waals surface area contributed by atoms with Gasteiger partial charge in [0.25, 0.3) is 0 Å². The highest BCUT2D eigenvalue weighted by Gasteiger charge is 2.31. The molecule has 0 aliphatic carbocycles. The van der Waals surface area contributed by atoms with E-state index in [4.69, 9.17) is 21.4 Å². The fraction of sp³-hybridized carbons (Fsp3) is 0.348. The molecule has 6 heteroatoms. The molecular formula is C23H25ClFNO3. The predicted molar refractivity (Wildman–Crippen MR) is 113 cm³/mol. The van der Waals surface area contributed by atoms with Crippen molar-refractivity contribution >= 4 is 22.6 Å². The average molecular weight is 418 g/mol. The van der Waals surface area contributed by atoms with Crippen LogP contribution in [0.1, 0.15) is 18.1 Å². The van der Waals surface area contributed by atoms with Crippen molar-refractivity contribution in [2.75, 3.05) is 26.2 Å². The first-order valence-corrected chi connectivity index (χ1v) is 10.1. The molecule has 0 spiro atoms. The van der Waals surface area contributed by atoms with E-state index in [0.717, 1.165) is 23.3 Å². The SMILES string of the molecule is C[C@H](COc1ccc(C(Cl)=CCN2CC(C(=O)O)C2)cc1)Cc1ccc(F)cc1. The maximum atomic E-state index is 13.0. The van der Waals surface area contributed by atoms with Crippen molar-refractivity contribution in [2.45, 2.75) is 13.3 Å². The fourth-order valence-corrected chi connectivity index (χ4v) is 3.43. The van der Waals surface area contributed by atoms with Crippen LogP contribution in [0.25, 0.3) is 5.03 Å². The fourth-order valence-electron chi connectivity index (χ4n) is 3.23. The van der Waals surface area contributed by atoms with Crippen molar-refractivity contribution in [3.63, 3.8) is 0 Å². The standard InChI is InChI=1S/C23H25ClFNO3/c1-16(12-17-2-6-20(25)7-3-17)15-29-21-8-4-18(5-9-21)22(24)10-11-26-13-19(14-26)23(27)28/h2-10,16,19H,11-15H2,1H3,(H,27,28)/t16-/m0/s1. The van der Waals surface area contributed by atoms with Crippen LogP contribution in [0.5, 0.6) is 5.75 Å². The summed E-state index contributed by atoms with van der Waals surface area (Å²) < 4.78 is 18.8. The Hall–Kier alpha value is -2.37. The number of hydrogen-bond acceptors (Lipinski definition) is 3. The lowest BCUT2D eigenvalue weighted by Gasteiger charge is -2.35. The molecule has 1 heterocycles. The van der Waals surface area contributed by atoms with E-state index in [0.29, 0.717) is 37.2 Å². The van der Waals surface area contributed by atoms with Crippen molar-refractivity contribution in [2.24, 2.45) is 11.8 Å². The molecule has 0 aromatic heterocycles. The van der Waals surface area contributed by atoms with E-state index in [-0.39, 0.29) is 11.7 Å². The van der Waals surface area contributed by atoms with Gasteiger partial charge in [-0.2, -0.15) is 0 Å². The Morgan fingerprint density at radius 3 is 2.52 bits per heavy atom. The maximum absolute atomic E-state index is 13.0. The highest BCUT2D eigenvalue weighted by atomic mass is 35.5. The van der Waals surface area contributed by atoms with Crippen LogP contribution in [0.15, 0.2) is 54.6 Å². The van der Waals surface area contributed by atoms with Crippen LogP contribution < -0.4 is 4.74 Å². The minimum atomic E-state index is -0.737. The normalized spacial score (nSPS) is 16.3. The van der Waals surface area contributed by atoms with Gasteiger partial charge in [-0.3, -0.25) is 9.69 Å². The molecule has 1 aliphatic rings. The third-order valence-electron chi connectivity index (χ3n) is 5.00. The molecule has 1 N–H and O–H groups in total. The summed E-state index contributed by atoms with van der Waals surface area (Å²) in [6.45, 7) is 4.45. The summed E-state index contributed by atoms with van der Waals surface area (Å²) in [7, 11) is 0. The maximum Gasteiger partial charge on any atom is 0.309 e. The van der Waals surface area contributed by atoms with Gasteiger partial charge < -0.3 is 9.84 Å². The van der Waals surface area contributed by atoms with Gasteiger partial charge in [0.05, 0.1) is 12.5 Å². The van der Waals surface area contributed by atoms with Crippen molar-refractivity contribution in [3.05, 3.63) is 71.6 Å². The molecule has 0 saturated carbocycles. The summed E-state index contributed by atoms with van der Waals surface area (Å²) in [6.07, 6.45) is 2.73. The molecule has 2 aromatic rings. The number of hydrogen-bond donors (Lipinski definition) is 1. The van der Waals surface area contributed by atoms with Crippen molar-refractivity contribution in [3.8, 4) is 5.75 Å². The molecule has 3 rings (SSSR count). The summed E-state index contributed by atoms with van der Waals surface area (Å²) in [5.41, 5.74) is 1.99. The van der Waals surface area contributed by atoms with Gasteiger partial charge in [-0.05, 0) is 59.9 Å². The number of likely N-dealkylation sites (tertiary alicyclic amines) is 1. The molecule has 0 radical (unpaired) electrons. The van der Waals surface area contributed by atoms with Gasteiger partial charge in [0.2, 0.25) is 0 Å². The number of aliphatic carboxylic acids is 1. The van der Waals surface area contributed by atoms with E-state index in [9.17, 15) is 9.18 Å². The summed E-state index contributed by atoms with van der Waals surface area (Å²) in [5.74, 6) is -0.145. The summed E-state index contributed by atoms with van der Waals surface area (Å²) >= 11 is 6.36. The lowest BCUT2D eigenvalue weighted by Crippen LogP contribution is -2.50. The number of carboxylic acid groups (broad SMARTS) is 1. The number of ether oxygens (including phenoxy) is 1. The van der Waals surface area contributed by atoms with Crippen LogP contribution in [0.4, 0.5) is 4.39 Å². The Morgan fingerprint density at radius 2 is 1.90 bits per heavy atom. The Labute approximate surface area is 175 Å². The predicted octanol–water partition coefficient (Wildman–Crippen LogP) is 4.68. The van der Waals surface area contributed by atoms with Crippen molar-refractivity contribution in [1.29, 1.82) is 0 Å². The largest absolute Gasteiger partial charge is 0.493 e. The smallest absolute Gasteiger partial charge is 0.309 e. The van der Waals surface area contributed by atoms with Crippen LogP contribution >= 0.6 is 11.6 Å². The summed E-state index contributed by atoms with van der Waals surface area (Å²) in [4.78, 5) is 12.9. The van der Waals surface area contributed by atoms with Crippen molar-refractivity contribution < 1.29 is 19.0 Å². The molecule has 1 atom stereocenters. The summed E-state index contributed by atoms with van der Waals surface area (Å²) in [5, 5.41) is 9.54. The average Bonchev–Trinajstić information content (AvgIpc) is 2.67. The number of rotatable bonds is 9. The van der Waals surface area contributed by atoms with Gasteiger partial charge in [-0.15, -0.1) is 0 Å². The molecule has 1 fully saturated rings. The number of carboxylic acids is 1. The first kappa shape index (κ1) is 21.3. The lowest BCUT2D eigenvalue weighted by atomic mass is 10.0. The topological polar surface area (TPSA) is 49.8 Å². The van der Waals surface area contributed by atoms with E-state index in [1.165, 1.54) is 12.1 Å². The Bertz CT molecular complexity index is 845. The molecule has 4 nitrogen and oxygen atoms in total. The van der Waals surface area contributed by atoms with Gasteiger partial charge >= 0.3 is 5.97 Å². The first-order valence-electron chi connectivity index (χ1n) is 9.69. The third kappa shape index (κ3) is 6.31. The Morgan fingerprint density at radius 1 is 1.24 bits per heavy atom. The lowest BCUT2D eigenvalue weighted by molar-refractivity contribution is -0.147. The van der Waals surface area contributed by atoms with E-state index < -0.39 is 5.97 Å². The number of nitrogens with zero attached hydrogens (tertiary/aromatic N) is 1. The van der Waals surface area contributed by atoms with Gasteiger partial charge in [-0.1, -0.05) is 36.7 Å². The number of benzene rings is 2. The van der Waals surface area contributed by atoms with Crippen LogP contribution in [0.2, 0.25) is 0 Å². The first-order chi connectivity index (χ1) is 13.9. The minimum absolute atomic E-state index is 0.222. The molecule has 1 aliphatic heterocycles. The highest BCUT2D eigenvalue weighted by Crippen LogP contribution is 2.24. The second-order valence-corrected chi connectivity index (χ2v) is 7.98. The van der Waals surface area contributed by atoms with Gasteiger partial charge in [-0.25, -0.2) is 4.39 Å². The zero-order valence-corrected chi connectivity index (χ0v) is 17.1. The molecule has 0 bridgehead atoms.